The minimum Gasteiger partial charge on any atom is -0.309 e. The fourth-order valence-electron chi connectivity index (χ4n) is 0.972. The SMILES string of the molecule is CN(C)CC[C@@H](F)C(=O)C(C)(C)C. The Hall–Kier alpha value is -0.440. The minimum absolute atomic E-state index is 0.295. The lowest BCUT2D eigenvalue weighted by atomic mass is 9.87. The van der Waals surface area contributed by atoms with E-state index in [0.29, 0.717) is 13.0 Å². The predicted octanol–water partition coefficient (Wildman–Crippen LogP) is 1.89. The van der Waals surface area contributed by atoms with Crippen LogP contribution >= 0.6 is 0 Å². The summed E-state index contributed by atoms with van der Waals surface area (Å²) >= 11 is 0. The number of carbonyl (C=O) groups is 1. The van der Waals surface area contributed by atoms with Crippen LogP contribution in [0.2, 0.25) is 0 Å². The molecule has 0 saturated heterocycles. The van der Waals surface area contributed by atoms with Crippen LogP contribution in [0.5, 0.6) is 0 Å². The van der Waals surface area contributed by atoms with Crippen molar-refractivity contribution in [3.05, 3.63) is 0 Å². The number of ketones is 1. The summed E-state index contributed by atoms with van der Waals surface area (Å²) in [6.07, 6.45) is -1.02. The van der Waals surface area contributed by atoms with Gasteiger partial charge in [0, 0.05) is 12.0 Å². The highest BCUT2D eigenvalue weighted by atomic mass is 19.1. The van der Waals surface area contributed by atoms with Gasteiger partial charge in [0.25, 0.3) is 0 Å². The molecule has 0 heterocycles. The van der Waals surface area contributed by atoms with Gasteiger partial charge in [-0.25, -0.2) is 4.39 Å². The molecule has 0 unspecified atom stereocenters. The van der Waals surface area contributed by atoms with Gasteiger partial charge in [-0.2, -0.15) is 0 Å². The maximum Gasteiger partial charge on any atom is 0.172 e. The van der Waals surface area contributed by atoms with Crippen LogP contribution in [0, 0.1) is 5.41 Å². The van der Waals surface area contributed by atoms with Crippen LogP contribution in [0.1, 0.15) is 27.2 Å². The smallest absolute Gasteiger partial charge is 0.172 e. The van der Waals surface area contributed by atoms with Gasteiger partial charge in [-0.05, 0) is 20.5 Å². The molecule has 0 aliphatic carbocycles. The summed E-state index contributed by atoms with van der Waals surface area (Å²) in [7, 11) is 3.74. The first-order valence-electron chi connectivity index (χ1n) is 4.58. The van der Waals surface area contributed by atoms with Crippen LogP contribution in [0.15, 0.2) is 0 Å². The summed E-state index contributed by atoms with van der Waals surface area (Å²) in [6, 6.07) is 0. The van der Waals surface area contributed by atoms with E-state index < -0.39 is 11.6 Å². The Kier molecular flexibility index (Phi) is 4.54. The van der Waals surface area contributed by atoms with E-state index in [1.165, 1.54) is 0 Å². The highest BCUT2D eigenvalue weighted by Gasteiger charge is 2.29. The topological polar surface area (TPSA) is 20.3 Å². The van der Waals surface area contributed by atoms with Crippen molar-refractivity contribution in [1.29, 1.82) is 0 Å². The molecule has 0 radical (unpaired) electrons. The second-order valence-corrected chi connectivity index (χ2v) is 4.67. The van der Waals surface area contributed by atoms with Crippen molar-refractivity contribution in [2.24, 2.45) is 5.41 Å². The van der Waals surface area contributed by atoms with Crippen LogP contribution in [-0.4, -0.2) is 37.5 Å². The van der Waals surface area contributed by atoms with Gasteiger partial charge in [0.1, 0.15) is 0 Å². The van der Waals surface area contributed by atoms with Gasteiger partial charge in [0.15, 0.2) is 12.0 Å². The first-order valence-corrected chi connectivity index (χ1v) is 4.58. The monoisotopic (exact) mass is 189 g/mol. The van der Waals surface area contributed by atoms with Crippen molar-refractivity contribution in [2.45, 2.75) is 33.4 Å². The Bertz CT molecular complexity index is 172. The van der Waals surface area contributed by atoms with E-state index in [1.54, 1.807) is 20.8 Å². The lowest BCUT2D eigenvalue weighted by Crippen LogP contribution is -2.31. The van der Waals surface area contributed by atoms with E-state index in [4.69, 9.17) is 0 Å². The molecular formula is C10H20FNO. The van der Waals surface area contributed by atoms with Gasteiger partial charge in [-0.1, -0.05) is 20.8 Å². The molecule has 0 aromatic heterocycles. The minimum atomic E-state index is -1.32. The Morgan fingerprint density at radius 2 is 1.85 bits per heavy atom. The molecule has 0 fully saturated rings. The standard InChI is InChI=1S/C10H20FNO/c1-10(2,3)9(13)8(11)6-7-12(4)5/h8H,6-7H2,1-5H3/t8-/m1/s1. The van der Waals surface area contributed by atoms with Crippen LogP contribution in [0.4, 0.5) is 4.39 Å². The molecule has 0 aliphatic rings. The Morgan fingerprint density at radius 3 is 2.15 bits per heavy atom. The van der Waals surface area contributed by atoms with Crippen LogP contribution < -0.4 is 0 Å². The van der Waals surface area contributed by atoms with Crippen molar-refractivity contribution in [2.75, 3.05) is 20.6 Å². The Morgan fingerprint density at radius 1 is 1.38 bits per heavy atom. The summed E-state index contributed by atoms with van der Waals surface area (Å²) in [5.41, 5.74) is -0.564. The molecule has 13 heavy (non-hydrogen) atoms. The van der Waals surface area contributed by atoms with E-state index in [1.807, 2.05) is 19.0 Å². The van der Waals surface area contributed by atoms with Gasteiger partial charge in [-0.3, -0.25) is 4.79 Å². The van der Waals surface area contributed by atoms with Gasteiger partial charge < -0.3 is 4.90 Å². The summed E-state index contributed by atoms with van der Waals surface area (Å²) in [5.74, 6) is -0.297. The number of alkyl halides is 1. The Labute approximate surface area is 80.1 Å². The number of Topliss-reactive ketones (excluding diaryl/α,β-unsaturated/α-hetero) is 1. The van der Waals surface area contributed by atoms with Gasteiger partial charge >= 0.3 is 0 Å². The lowest BCUT2D eigenvalue weighted by molar-refractivity contribution is -0.131. The van der Waals surface area contributed by atoms with E-state index in [9.17, 15) is 9.18 Å². The molecule has 0 N–H and O–H groups in total. The van der Waals surface area contributed by atoms with Gasteiger partial charge in [0.2, 0.25) is 0 Å². The molecule has 0 saturated carbocycles. The van der Waals surface area contributed by atoms with Crippen molar-refractivity contribution in [3.8, 4) is 0 Å². The third-order valence-corrected chi connectivity index (χ3v) is 1.85. The molecule has 0 spiro atoms. The quantitative estimate of drug-likeness (QED) is 0.673. The molecule has 0 aromatic rings. The second kappa shape index (κ2) is 4.70. The number of hydrogen-bond donors (Lipinski definition) is 0. The first kappa shape index (κ1) is 12.6. The van der Waals surface area contributed by atoms with Crippen LogP contribution in [-0.2, 0) is 4.79 Å². The Balaban J connectivity index is 3.98. The number of halogens is 1. The molecule has 0 bridgehead atoms. The molecule has 0 rings (SSSR count). The third-order valence-electron chi connectivity index (χ3n) is 1.85. The highest BCUT2D eigenvalue weighted by molar-refractivity contribution is 5.87. The molecule has 1 atom stereocenters. The zero-order valence-electron chi connectivity index (χ0n) is 9.22. The third kappa shape index (κ3) is 4.98. The largest absolute Gasteiger partial charge is 0.309 e. The van der Waals surface area contributed by atoms with Crippen molar-refractivity contribution in [3.63, 3.8) is 0 Å². The molecular weight excluding hydrogens is 169 g/mol. The average Bonchev–Trinajstić information content (AvgIpc) is 1.96. The number of carbonyl (C=O) groups excluding carboxylic acids is 1. The molecule has 0 aliphatic heterocycles. The van der Waals surface area contributed by atoms with Crippen molar-refractivity contribution >= 4 is 5.78 Å². The van der Waals surface area contributed by atoms with Crippen molar-refractivity contribution < 1.29 is 9.18 Å². The van der Waals surface area contributed by atoms with E-state index in [2.05, 4.69) is 0 Å². The second-order valence-electron chi connectivity index (χ2n) is 4.67. The maximum absolute atomic E-state index is 13.3. The first-order chi connectivity index (χ1) is 5.75. The van der Waals surface area contributed by atoms with Crippen LogP contribution in [0.3, 0.4) is 0 Å². The molecule has 0 amide bonds. The average molecular weight is 189 g/mol. The fraction of sp³-hybridized carbons (Fsp3) is 0.900. The number of hydrogen-bond acceptors (Lipinski definition) is 2. The summed E-state index contributed by atoms with van der Waals surface area (Å²) < 4.78 is 13.3. The maximum atomic E-state index is 13.3. The van der Waals surface area contributed by atoms with Gasteiger partial charge in [-0.15, -0.1) is 0 Å². The highest BCUT2D eigenvalue weighted by Crippen LogP contribution is 2.19. The summed E-state index contributed by atoms with van der Waals surface area (Å²) in [5, 5.41) is 0. The van der Waals surface area contributed by atoms with Gasteiger partial charge in [0.05, 0.1) is 0 Å². The van der Waals surface area contributed by atoms with E-state index >= 15 is 0 Å². The predicted molar refractivity (Wildman–Crippen MR) is 52.5 cm³/mol. The molecule has 0 aromatic carbocycles. The molecule has 2 nitrogen and oxygen atoms in total. The zero-order chi connectivity index (χ0) is 10.6. The van der Waals surface area contributed by atoms with Crippen molar-refractivity contribution in [1.82, 2.24) is 4.90 Å². The number of rotatable bonds is 4. The fourth-order valence-corrected chi connectivity index (χ4v) is 0.972. The number of nitrogens with zero attached hydrogens (tertiary/aromatic N) is 1. The van der Waals surface area contributed by atoms with E-state index in [-0.39, 0.29) is 5.78 Å². The normalized spacial score (nSPS) is 14.7. The summed E-state index contributed by atoms with van der Waals surface area (Å²) in [6.45, 7) is 5.86. The zero-order valence-corrected chi connectivity index (χ0v) is 9.22. The lowest BCUT2D eigenvalue weighted by Gasteiger charge is -2.20. The van der Waals surface area contributed by atoms with E-state index in [0.717, 1.165) is 0 Å². The van der Waals surface area contributed by atoms with Crippen LogP contribution in [0.25, 0.3) is 0 Å². The molecule has 78 valence electrons. The molecule has 3 heteroatoms. The summed E-state index contributed by atoms with van der Waals surface area (Å²) in [4.78, 5) is 13.3.